The van der Waals surface area contributed by atoms with Crippen molar-refractivity contribution in [2.45, 2.75) is 51.7 Å². The van der Waals surface area contributed by atoms with Crippen LogP contribution in [0.5, 0.6) is 0 Å². The Morgan fingerprint density at radius 2 is 1.93 bits per heavy atom. The SMILES string of the molecule is Cc1nn(CC(=O)N2CCCN3CCC[C@H]3C2)c(=O)n1CCc1ccccc1. The van der Waals surface area contributed by atoms with Crippen molar-refractivity contribution in [3.05, 3.63) is 52.2 Å². The molecule has 0 spiro atoms. The molecular weight excluding hydrogens is 354 g/mol. The van der Waals surface area contributed by atoms with E-state index >= 15 is 0 Å². The van der Waals surface area contributed by atoms with Crippen LogP contribution in [0.3, 0.4) is 0 Å². The maximum atomic E-state index is 12.9. The summed E-state index contributed by atoms with van der Waals surface area (Å²) >= 11 is 0. The second-order valence-corrected chi connectivity index (χ2v) is 7.90. The molecule has 0 bridgehead atoms. The van der Waals surface area contributed by atoms with E-state index in [0.717, 1.165) is 45.4 Å². The monoisotopic (exact) mass is 383 g/mol. The van der Waals surface area contributed by atoms with E-state index < -0.39 is 0 Å². The zero-order valence-corrected chi connectivity index (χ0v) is 16.6. The highest BCUT2D eigenvalue weighted by molar-refractivity contribution is 5.76. The molecule has 1 amide bonds. The van der Waals surface area contributed by atoms with Gasteiger partial charge in [0, 0.05) is 32.2 Å². The summed E-state index contributed by atoms with van der Waals surface area (Å²) in [5.41, 5.74) is 0.988. The van der Waals surface area contributed by atoms with E-state index in [0.29, 0.717) is 18.4 Å². The van der Waals surface area contributed by atoms with Gasteiger partial charge in [-0.15, -0.1) is 0 Å². The number of amides is 1. The van der Waals surface area contributed by atoms with Crippen LogP contribution in [0.25, 0.3) is 0 Å². The number of aromatic nitrogens is 3. The second kappa shape index (κ2) is 8.31. The molecule has 1 aromatic heterocycles. The first-order valence-corrected chi connectivity index (χ1v) is 10.3. The topological polar surface area (TPSA) is 63.4 Å². The summed E-state index contributed by atoms with van der Waals surface area (Å²) in [6, 6.07) is 10.6. The van der Waals surface area contributed by atoms with Gasteiger partial charge in [-0.2, -0.15) is 5.10 Å². The number of hydrogen-bond donors (Lipinski definition) is 0. The lowest BCUT2D eigenvalue weighted by atomic mass is 10.1. The number of carbonyl (C=O) groups is 1. The molecule has 2 fully saturated rings. The lowest BCUT2D eigenvalue weighted by molar-refractivity contribution is -0.132. The first-order valence-electron chi connectivity index (χ1n) is 10.3. The molecule has 0 radical (unpaired) electrons. The molecule has 2 aliphatic rings. The first-order chi connectivity index (χ1) is 13.6. The van der Waals surface area contributed by atoms with Crippen molar-refractivity contribution in [3.8, 4) is 0 Å². The summed E-state index contributed by atoms with van der Waals surface area (Å²) < 4.78 is 3.00. The van der Waals surface area contributed by atoms with Crippen molar-refractivity contribution in [3.63, 3.8) is 0 Å². The van der Waals surface area contributed by atoms with Gasteiger partial charge >= 0.3 is 5.69 Å². The average molecular weight is 383 g/mol. The summed E-state index contributed by atoms with van der Waals surface area (Å²) in [7, 11) is 0. The summed E-state index contributed by atoms with van der Waals surface area (Å²) in [4.78, 5) is 30.1. The minimum absolute atomic E-state index is 0.00330. The number of fused-ring (bicyclic) bond motifs is 1. The first kappa shape index (κ1) is 18.9. The molecule has 3 heterocycles. The van der Waals surface area contributed by atoms with Gasteiger partial charge in [0.15, 0.2) is 0 Å². The normalized spacial score (nSPS) is 20.2. The number of carbonyl (C=O) groups excluding carboxylic acids is 1. The maximum Gasteiger partial charge on any atom is 0.346 e. The fraction of sp³-hybridized carbons (Fsp3) is 0.571. The Labute approximate surface area is 165 Å². The zero-order chi connectivity index (χ0) is 19.5. The van der Waals surface area contributed by atoms with Crippen molar-refractivity contribution in [2.75, 3.05) is 26.2 Å². The Kier molecular flexibility index (Phi) is 5.62. The van der Waals surface area contributed by atoms with E-state index in [9.17, 15) is 9.59 Å². The van der Waals surface area contributed by atoms with Crippen molar-refractivity contribution in [2.24, 2.45) is 0 Å². The summed E-state index contributed by atoms with van der Waals surface area (Å²) in [5, 5.41) is 4.36. The van der Waals surface area contributed by atoms with Crippen molar-refractivity contribution in [1.29, 1.82) is 0 Å². The quantitative estimate of drug-likeness (QED) is 0.781. The van der Waals surface area contributed by atoms with Gasteiger partial charge in [-0.1, -0.05) is 30.3 Å². The second-order valence-electron chi connectivity index (χ2n) is 7.90. The fourth-order valence-corrected chi connectivity index (χ4v) is 4.46. The van der Waals surface area contributed by atoms with E-state index in [1.807, 2.05) is 30.0 Å². The molecule has 0 aliphatic carbocycles. The van der Waals surface area contributed by atoms with Gasteiger partial charge in [0.05, 0.1) is 0 Å². The van der Waals surface area contributed by atoms with E-state index in [1.165, 1.54) is 16.7 Å². The zero-order valence-electron chi connectivity index (χ0n) is 16.6. The predicted octanol–water partition coefficient (Wildman–Crippen LogP) is 1.29. The highest BCUT2D eigenvalue weighted by Crippen LogP contribution is 2.21. The molecule has 4 rings (SSSR count). The van der Waals surface area contributed by atoms with Crippen LogP contribution in [0, 0.1) is 6.92 Å². The predicted molar refractivity (Wildman–Crippen MR) is 107 cm³/mol. The molecule has 28 heavy (non-hydrogen) atoms. The van der Waals surface area contributed by atoms with Crippen molar-refractivity contribution < 1.29 is 4.79 Å². The minimum Gasteiger partial charge on any atom is -0.339 e. The van der Waals surface area contributed by atoms with E-state index in [1.54, 1.807) is 4.57 Å². The van der Waals surface area contributed by atoms with Gasteiger partial charge in [-0.3, -0.25) is 14.3 Å². The number of hydrogen-bond acceptors (Lipinski definition) is 4. The van der Waals surface area contributed by atoms with Crippen LogP contribution < -0.4 is 5.69 Å². The van der Waals surface area contributed by atoms with Crippen LogP contribution in [0.15, 0.2) is 35.1 Å². The Hall–Kier alpha value is -2.41. The number of nitrogens with zero attached hydrogens (tertiary/aromatic N) is 5. The van der Waals surface area contributed by atoms with Gasteiger partial charge in [0.1, 0.15) is 12.4 Å². The Morgan fingerprint density at radius 3 is 2.75 bits per heavy atom. The standard InChI is InChI=1S/C21H29N5O2/c1-17-22-26(21(28)25(17)14-10-18-7-3-2-4-8-18)16-20(27)24-13-6-12-23-11-5-9-19(23)15-24/h2-4,7-8,19H,5-6,9-16H2,1H3/t19-/m0/s1. The van der Waals surface area contributed by atoms with Crippen molar-refractivity contribution >= 4 is 5.91 Å². The number of aryl methyl sites for hydroxylation is 2. The third kappa shape index (κ3) is 4.04. The fourth-order valence-electron chi connectivity index (χ4n) is 4.46. The van der Waals surface area contributed by atoms with Crippen LogP contribution >= 0.6 is 0 Å². The Balaban J connectivity index is 1.41. The molecule has 2 saturated heterocycles. The van der Waals surface area contributed by atoms with E-state index in [-0.39, 0.29) is 18.1 Å². The van der Waals surface area contributed by atoms with Crippen LogP contribution in [-0.2, 0) is 24.3 Å². The summed E-state index contributed by atoms with van der Waals surface area (Å²) in [6.45, 7) is 6.21. The molecule has 7 nitrogen and oxygen atoms in total. The largest absolute Gasteiger partial charge is 0.346 e. The molecule has 7 heteroatoms. The Bertz CT molecular complexity index is 873. The number of benzene rings is 1. The molecule has 1 atom stereocenters. The maximum absolute atomic E-state index is 12.9. The third-order valence-corrected chi connectivity index (χ3v) is 6.02. The molecule has 150 valence electrons. The molecular formula is C21H29N5O2. The van der Waals surface area contributed by atoms with Crippen molar-refractivity contribution in [1.82, 2.24) is 24.1 Å². The molecule has 2 aromatic rings. The van der Waals surface area contributed by atoms with Gasteiger partial charge in [-0.05, 0) is 44.7 Å². The smallest absolute Gasteiger partial charge is 0.339 e. The van der Waals surface area contributed by atoms with Gasteiger partial charge in [0.2, 0.25) is 5.91 Å². The average Bonchev–Trinajstić information content (AvgIpc) is 3.17. The van der Waals surface area contributed by atoms with Crippen LogP contribution in [-0.4, -0.2) is 62.3 Å². The molecule has 2 aliphatic heterocycles. The minimum atomic E-state index is -0.195. The highest BCUT2D eigenvalue weighted by atomic mass is 16.2. The van der Waals surface area contributed by atoms with Gasteiger partial charge < -0.3 is 4.90 Å². The molecule has 0 saturated carbocycles. The molecule has 1 aromatic carbocycles. The summed E-state index contributed by atoms with van der Waals surface area (Å²) in [5.74, 6) is 0.662. The molecule has 0 N–H and O–H groups in total. The summed E-state index contributed by atoms with van der Waals surface area (Å²) in [6.07, 6.45) is 4.15. The van der Waals surface area contributed by atoms with Crippen LogP contribution in [0.1, 0.15) is 30.7 Å². The van der Waals surface area contributed by atoms with E-state index in [4.69, 9.17) is 0 Å². The van der Waals surface area contributed by atoms with Gasteiger partial charge in [-0.25, -0.2) is 9.48 Å². The Morgan fingerprint density at radius 1 is 1.14 bits per heavy atom. The molecule has 0 unspecified atom stereocenters. The lowest BCUT2D eigenvalue weighted by Crippen LogP contribution is -2.42. The van der Waals surface area contributed by atoms with Gasteiger partial charge in [0.25, 0.3) is 0 Å². The van der Waals surface area contributed by atoms with Crippen LogP contribution in [0.4, 0.5) is 0 Å². The number of rotatable bonds is 5. The highest BCUT2D eigenvalue weighted by Gasteiger charge is 2.30. The third-order valence-electron chi connectivity index (χ3n) is 6.02. The van der Waals surface area contributed by atoms with Crippen LogP contribution in [0.2, 0.25) is 0 Å². The van der Waals surface area contributed by atoms with E-state index in [2.05, 4.69) is 22.1 Å². The lowest BCUT2D eigenvalue weighted by Gasteiger charge is -2.25.